The standard InChI is InChI=1S/C14H13NO2/c1-2-14(17)11-5-8-13(15-9-11)10-3-6-12(16)7-4-10/h3-9,16H,2H2,1H3. The van der Waals surface area contributed by atoms with Crippen LogP contribution in [0.15, 0.2) is 42.6 Å². The van der Waals surface area contributed by atoms with Gasteiger partial charge in [-0.1, -0.05) is 6.92 Å². The molecule has 0 amide bonds. The second-order valence-corrected chi connectivity index (χ2v) is 3.76. The molecule has 1 aromatic heterocycles. The minimum absolute atomic E-state index is 0.0924. The fourth-order valence-electron chi connectivity index (χ4n) is 1.57. The van der Waals surface area contributed by atoms with Gasteiger partial charge >= 0.3 is 0 Å². The van der Waals surface area contributed by atoms with E-state index in [4.69, 9.17) is 0 Å². The first-order valence-corrected chi connectivity index (χ1v) is 5.49. The molecule has 0 fully saturated rings. The Morgan fingerprint density at radius 2 is 1.88 bits per heavy atom. The number of rotatable bonds is 3. The lowest BCUT2D eigenvalue weighted by Gasteiger charge is -2.02. The Hall–Kier alpha value is -2.16. The van der Waals surface area contributed by atoms with E-state index in [0.29, 0.717) is 12.0 Å². The van der Waals surface area contributed by atoms with E-state index in [0.717, 1.165) is 11.3 Å². The van der Waals surface area contributed by atoms with Crippen molar-refractivity contribution < 1.29 is 9.90 Å². The molecule has 2 rings (SSSR count). The summed E-state index contributed by atoms with van der Waals surface area (Å²) in [5.41, 5.74) is 2.34. The predicted octanol–water partition coefficient (Wildman–Crippen LogP) is 3.05. The zero-order valence-electron chi connectivity index (χ0n) is 9.55. The molecule has 0 radical (unpaired) electrons. The van der Waals surface area contributed by atoms with Crippen LogP contribution in [0.2, 0.25) is 0 Å². The molecule has 0 atom stereocenters. The summed E-state index contributed by atoms with van der Waals surface area (Å²) in [6.45, 7) is 1.83. The minimum Gasteiger partial charge on any atom is -0.508 e. The fourth-order valence-corrected chi connectivity index (χ4v) is 1.57. The normalized spacial score (nSPS) is 10.2. The Bertz CT molecular complexity index is 515. The van der Waals surface area contributed by atoms with Gasteiger partial charge in [0.1, 0.15) is 5.75 Å². The molecule has 0 bridgehead atoms. The fraction of sp³-hybridized carbons (Fsp3) is 0.143. The van der Waals surface area contributed by atoms with Gasteiger partial charge in [0.25, 0.3) is 0 Å². The van der Waals surface area contributed by atoms with Gasteiger partial charge in [0.05, 0.1) is 5.69 Å². The van der Waals surface area contributed by atoms with E-state index >= 15 is 0 Å². The van der Waals surface area contributed by atoms with Crippen molar-refractivity contribution in [3.8, 4) is 17.0 Å². The summed E-state index contributed by atoms with van der Waals surface area (Å²) in [6, 6.07) is 10.4. The van der Waals surface area contributed by atoms with E-state index in [2.05, 4.69) is 4.98 Å². The van der Waals surface area contributed by atoms with Crippen LogP contribution in [-0.4, -0.2) is 15.9 Å². The third kappa shape index (κ3) is 2.50. The van der Waals surface area contributed by atoms with Crippen molar-refractivity contribution in [2.75, 3.05) is 0 Å². The summed E-state index contributed by atoms with van der Waals surface area (Å²) >= 11 is 0. The molecule has 17 heavy (non-hydrogen) atoms. The number of benzene rings is 1. The highest BCUT2D eigenvalue weighted by molar-refractivity contribution is 5.95. The Morgan fingerprint density at radius 3 is 2.41 bits per heavy atom. The number of nitrogens with zero attached hydrogens (tertiary/aromatic N) is 1. The minimum atomic E-state index is 0.0924. The van der Waals surface area contributed by atoms with Crippen LogP contribution in [0.1, 0.15) is 23.7 Å². The molecule has 86 valence electrons. The monoisotopic (exact) mass is 227 g/mol. The first-order chi connectivity index (χ1) is 8.20. The quantitative estimate of drug-likeness (QED) is 0.820. The smallest absolute Gasteiger partial charge is 0.164 e. The number of carbonyl (C=O) groups is 1. The molecule has 0 saturated heterocycles. The van der Waals surface area contributed by atoms with Gasteiger partial charge < -0.3 is 5.11 Å². The van der Waals surface area contributed by atoms with Gasteiger partial charge in [-0.3, -0.25) is 9.78 Å². The first kappa shape index (κ1) is 11.3. The lowest BCUT2D eigenvalue weighted by Crippen LogP contribution is -1.97. The highest BCUT2D eigenvalue weighted by atomic mass is 16.3. The lowest BCUT2D eigenvalue weighted by molar-refractivity contribution is 0.0988. The zero-order valence-corrected chi connectivity index (χ0v) is 9.55. The van der Waals surface area contributed by atoms with E-state index in [-0.39, 0.29) is 11.5 Å². The number of phenols is 1. The molecule has 1 aromatic carbocycles. The van der Waals surface area contributed by atoms with Gasteiger partial charge in [-0.25, -0.2) is 0 Å². The van der Waals surface area contributed by atoms with E-state index < -0.39 is 0 Å². The molecule has 0 unspecified atom stereocenters. The van der Waals surface area contributed by atoms with Crippen LogP contribution >= 0.6 is 0 Å². The second-order valence-electron chi connectivity index (χ2n) is 3.76. The molecule has 0 aliphatic rings. The van der Waals surface area contributed by atoms with Crippen molar-refractivity contribution in [3.05, 3.63) is 48.2 Å². The molecule has 1 N–H and O–H groups in total. The van der Waals surface area contributed by atoms with E-state index in [1.165, 1.54) is 0 Å². The summed E-state index contributed by atoms with van der Waals surface area (Å²) in [5.74, 6) is 0.321. The molecule has 1 heterocycles. The largest absolute Gasteiger partial charge is 0.508 e. The summed E-state index contributed by atoms with van der Waals surface area (Å²) in [7, 11) is 0. The number of hydrogen-bond acceptors (Lipinski definition) is 3. The average Bonchev–Trinajstić information content (AvgIpc) is 2.39. The molecular formula is C14H13NO2. The van der Waals surface area contributed by atoms with Crippen LogP contribution in [0.25, 0.3) is 11.3 Å². The summed E-state index contributed by atoms with van der Waals surface area (Å²) in [4.78, 5) is 15.7. The van der Waals surface area contributed by atoms with E-state index in [9.17, 15) is 9.90 Å². The maximum Gasteiger partial charge on any atom is 0.164 e. The van der Waals surface area contributed by atoms with Crippen LogP contribution in [0, 0.1) is 0 Å². The summed E-state index contributed by atoms with van der Waals surface area (Å²) < 4.78 is 0. The maximum atomic E-state index is 11.4. The molecule has 0 aliphatic heterocycles. The van der Waals surface area contributed by atoms with Crippen LogP contribution < -0.4 is 0 Å². The number of aromatic hydroxyl groups is 1. The van der Waals surface area contributed by atoms with Crippen molar-refractivity contribution in [2.24, 2.45) is 0 Å². The number of phenolic OH excluding ortho intramolecular Hbond substituents is 1. The van der Waals surface area contributed by atoms with Crippen molar-refractivity contribution in [1.82, 2.24) is 4.98 Å². The molecule has 2 aromatic rings. The third-order valence-electron chi connectivity index (χ3n) is 2.57. The SMILES string of the molecule is CCC(=O)c1ccc(-c2ccc(O)cc2)nc1. The highest BCUT2D eigenvalue weighted by Gasteiger charge is 2.04. The van der Waals surface area contributed by atoms with Crippen molar-refractivity contribution in [1.29, 1.82) is 0 Å². The number of ketones is 1. The molecule has 0 aliphatic carbocycles. The van der Waals surface area contributed by atoms with Gasteiger partial charge in [-0.05, 0) is 36.4 Å². The molecule has 3 heteroatoms. The molecule has 0 spiro atoms. The van der Waals surface area contributed by atoms with Crippen LogP contribution in [0.4, 0.5) is 0 Å². The maximum absolute atomic E-state index is 11.4. The van der Waals surface area contributed by atoms with E-state index in [1.807, 2.05) is 13.0 Å². The van der Waals surface area contributed by atoms with Crippen LogP contribution in [0.3, 0.4) is 0 Å². The van der Waals surface area contributed by atoms with Gasteiger partial charge in [0, 0.05) is 23.7 Å². The third-order valence-corrected chi connectivity index (χ3v) is 2.57. The number of pyridine rings is 1. The van der Waals surface area contributed by atoms with Crippen molar-refractivity contribution >= 4 is 5.78 Å². The number of hydrogen-bond donors (Lipinski definition) is 1. The second kappa shape index (κ2) is 4.78. The lowest BCUT2D eigenvalue weighted by atomic mass is 10.1. The number of carbonyl (C=O) groups excluding carboxylic acids is 1. The summed E-state index contributed by atoms with van der Waals surface area (Å²) in [5, 5.41) is 9.19. The Balaban J connectivity index is 2.29. The summed E-state index contributed by atoms with van der Waals surface area (Å²) in [6.07, 6.45) is 2.08. The van der Waals surface area contributed by atoms with Crippen molar-refractivity contribution in [3.63, 3.8) is 0 Å². The van der Waals surface area contributed by atoms with Gasteiger partial charge in [0.15, 0.2) is 5.78 Å². The molecular weight excluding hydrogens is 214 g/mol. The van der Waals surface area contributed by atoms with Crippen molar-refractivity contribution in [2.45, 2.75) is 13.3 Å². The van der Waals surface area contributed by atoms with E-state index in [1.54, 1.807) is 36.5 Å². The first-order valence-electron chi connectivity index (χ1n) is 5.49. The zero-order chi connectivity index (χ0) is 12.3. The van der Waals surface area contributed by atoms with Gasteiger partial charge in [-0.15, -0.1) is 0 Å². The number of aromatic nitrogens is 1. The van der Waals surface area contributed by atoms with Gasteiger partial charge in [0.2, 0.25) is 0 Å². The Labute approximate surface area is 99.8 Å². The highest BCUT2D eigenvalue weighted by Crippen LogP contribution is 2.20. The average molecular weight is 227 g/mol. The number of Topliss-reactive ketones (excluding diaryl/α,β-unsaturated/α-hetero) is 1. The molecule has 3 nitrogen and oxygen atoms in total. The Morgan fingerprint density at radius 1 is 1.18 bits per heavy atom. The van der Waals surface area contributed by atoms with Crippen LogP contribution in [-0.2, 0) is 0 Å². The topological polar surface area (TPSA) is 50.2 Å². The molecule has 0 saturated carbocycles. The van der Waals surface area contributed by atoms with Gasteiger partial charge in [-0.2, -0.15) is 0 Å². The Kier molecular flexibility index (Phi) is 3.19. The van der Waals surface area contributed by atoms with Crippen LogP contribution in [0.5, 0.6) is 5.75 Å². The predicted molar refractivity (Wildman–Crippen MR) is 66.0 cm³/mol.